The molecule has 1 saturated heterocycles. The Labute approximate surface area is 260 Å². The van der Waals surface area contributed by atoms with Crippen LogP contribution in [0.1, 0.15) is 62.2 Å². The molecule has 3 aromatic rings. The van der Waals surface area contributed by atoms with Crippen LogP contribution in [0.3, 0.4) is 0 Å². The van der Waals surface area contributed by atoms with Gasteiger partial charge in [-0.25, -0.2) is 27.5 Å². The molecule has 5 rings (SSSR count). The maximum Gasteiger partial charge on any atom is 0.248 e. The second-order valence-corrected chi connectivity index (χ2v) is 11.4. The highest BCUT2D eigenvalue weighted by atomic mass is 35.5. The first kappa shape index (κ1) is 31.8. The lowest BCUT2D eigenvalue weighted by molar-refractivity contribution is -0.128. The molecule has 2 heterocycles. The van der Waals surface area contributed by atoms with Gasteiger partial charge in [0.1, 0.15) is 29.4 Å². The number of hydrogen-bond donors (Lipinski definition) is 1. The quantitative estimate of drug-likeness (QED) is 0.318. The van der Waals surface area contributed by atoms with Crippen molar-refractivity contribution in [3.05, 3.63) is 82.6 Å². The summed E-state index contributed by atoms with van der Waals surface area (Å²) >= 11 is 6.50. The monoisotopic (exact) mass is 642 g/mol. The maximum atomic E-state index is 14.6. The summed E-state index contributed by atoms with van der Waals surface area (Å²) in [6.45, 7) is 0. The predicted molar refractivity (Wildman–Crippen MR) is 155 cm³/mol. The Morgan fingerprint density at radius 3 is 2.47 bits per heavy atom. The number of rotatable bonds is 8. The summed E-state index contributed by atoms with van der Waals surface area (Å²) < 4.78 is 56.8. The second-order valence-electron chi connectivity index (χ2n) is 11.0. The van der Waals surface area contributed by atoms with Crippen LogP contribution >= 0.6 is 11.6 Å². The van der Waals surface area contributed by atoms with E-state index in [0.29, 0.717) is 6.07 Å². The van der Waals surface area contributed by atoms with E-state index in [2.05, 4.69) is 15.3 Å². The molecule has 14 heteroatoms. The SMILES string of the molecule is N#Cc1ccnc(N2C(=O)CC[C@H]2CC(=O)N(c2cc(F)cc(F)c2)[C@H](C(=O)NC2CCC(F)(F)CC2)c2ccccc2Cl)n1. The number of nitrogens with one attached hydrogen (secondary N) is 1. The topological polar surface area (TPSA) is 119 Å². The van der Waals surface area contributed by atoms with E-state index in [9.17, 15) is 37.2 Å². The van der Waals surface area contributed by atoms with Gasteiger partial charge in [0.25, 0.3) is 0 Å². The number of carbonyl (C=O) groups excluding carboxylic acids is 3. The fourth-order valence-corrected chi connectivity index (χ4v) is 5.95. The number of amides is 3. The lowest BCUT2D eigenvalue weighted by atomic mass is 9.91. The van der Waals surface area contributed by atoms with Crippen molar-refractivity contribution in [2.75, 3.05) is 9.80 Å². The van der Waals surface area contributed by atoms with Gasteiger partial charge in [0, 0.05) is 60.6 Å². The van der Waals surface area contributed by atoms with Crippen LogP contribution in [0.4, 0.5) is 29.2 Å². The number of aromatic nitrogens is 2. The summed E-state index contributed by atoms with van der Waals surface area (Å²) in [6.07, 6.45) is 0.192. The number of alkyl halides is 2. The fourth-order valence-electron chi connectivity index (χ4n) is 5.71. The van der Waals surface area contributed by atoms with Crippen molar-refractivity contribution in [2.45, 2.75) is 69.0 Å². The van der Waals surface area contributed by atoms with E-state index in [1.807, 2.05) is 6.07 Å². The molecule has 0 unspecified atom stereocenters. The number of halogens is 5. The normalized spacial score (nSPS) is 18.7. The third-order valence-electron chi connectivity index (χ3n) is 7.87. The van der Waals surface area contributed by atoms with Crippen LogP contribution in [-0.2, 0) is 14.4 Å². The molecule has 1 aliphatic heterocycles. The zero-order chi connectivity index (χ0) is 32.3. The molecule has 0 bridgehead atoms. The number of benzene rings is 2. The van der Waals surface area contributed by atoms with E-state index >= 15 is 0 Å². The molecule has 1 N–H and O–H groups in total. The Morgan fingerprint density at radius 2 is 1.80 bits per heavy atom. The van der Waals surface area contributed by atoms with Gasteiger partial charge in [-0.2, -0.15) is 5.26 Å². The first-order chi connectivity index (χ1) is 21.5. The molecule has 1 aliphatic carbocycles. The number of anilines is 2. The van der Waals surface area contributed by atoms with Crippen molar-refractivity contribution in [2.24, 2.45) is 0 Å². The van der Waals surface area contributed by atoms with E-state index in [4.69, 9.17) is 11.6 Å². The van der Waals surface area contributed by atoms with Crippen LogP contribution in [0.15, 0.2) is 54.7 Å². The van der Waals surface area contributed by atoms with Crippen molar-refractivity contribution >= 4 is 41.0 Å². The van der Waals surface area contributed by atoms with E-state index in [1.54, 1.807) is 12.1 Å². The summed E-state index contributed by atoms with van der Waals surface area (Å²) in [4.78, 5) is 51.4. The molecule has 1 aromatic heterocycles. The Kier molecular flexibility index (Phi) is 9.34. The van der Waals surface area contributed by atoms with Crippen molar-refractivity contribution in [3.63, 3.8) is 0 Å². The fraction of sp³-hybridized carbons (Fsp3) is 0.355. The largest absolute Gasteiger partial charge is 0.351 e. The van der Waals surface area contributed by atoms with Gasteiger partial charge in [0.2, 0.25) is 29.6 Å². The van der Waals surface area contributed by atoms with Crippen molar-refractivity contribution in [1.29, 1.82) is 5.26 Å². The number of carbonyl (C=O) groups is 3. The molecule has 0 spiro atoms. The first-order valence-electron chi connectivity index (χ1n) is 14.2. The second kappa shape index (κ2) is 13.2. The Bertz CT molecular complexity index is 1640. The third-order valence-corrected chi connectivity index (χ3v) is 8.22. The zero-order valence-electron chi connectivity index (χ0n) is 23.7. The van der Waals surface area contributed by atoms with E-state index < -0.39 is 72.7 Å². The molecular weight excluding hydrogens is 616 g/mol. The van der Waals surface area contributed by atoms with Gasteiger partial charge in [-0.05, 0) is 43.5 Å². The minimum Gasteiger partial charge on any atom is -0.351 e. The summed E-state index contributed by atoms with van der Waals surface area (Å²) in [7, 11) is 0. The Balaban J connectivity index is 1.54. The molecule has 2 aliphatic rings. The van der Waals surface area contributed by atoms with Crippen LogP contribution in [0.2, 0.25) is 5.02 Å². The molecule has 2 fully saturated rings. The van der Waals surface area contributed by atoms with Crippen LogP contribution < -0.4 is 15.1 Å². The van der Waals surface area contributed by atoms with Gasteiger partial charge >= 0.3 is 0 Å². The van der Waals surface area contributed by atoms with Gasteiger partial charge in [-0.1, -0.05) is 29.8 Å². The highest BCUT2D eigenvalue weighted by Gasteiger charge is 2.42. The average molecular weight is 643 g/mol. The molecular formula is C31H27ClF4N6O3. The Hall–Kier alpha value is -4.57. The van der Waals surface area contributed by atoms with Crippen LogP contribution in [0.25, 0.3) is 0 Å². The first-order valence-corrected chi connectivity index (χ1v) is 14.6. The molecule has 2 aromatic carbocycles. The average Bonchev–Trinajstić information content (AvgIpc) is 3.36. The molecule has 9 nitrogen and oxygen atoms in total. The summed E-state index contributed by atoms with van der Waals surface area (Å²) in [5, 5.41) is 12.1. The lowest BCUT2D eigenvalue weighted by Crippen LogP contribution is -2.49. The molecule has 45 heavy (non-hydrogen) atoms. The molecule has 0 radical (unpaired) electrons. The van der Waals surface area contributed by atoms with E-state index in [1.165, 1.54) is 29.3 Å². The van der Waals surface area contributed by atoms with Crippen molar-refractivity contribution in [3.8, 4) is 6.07 Å². The van der Waals surface area contributed by atoms with Crippen molar-refractivity contribution in [1.82, 2.24) is 15.3 Å². The maximum absolute atomic E-state index is 14.6. The van der Waals surface area contributed by atoms with Gasteiger partial charge in [0.05, 0.1) is 5.69 Å². The molecule has 2 atom stereocenters. The Morgan fingerprint density at radius 1 is 1.11 bits per heavy atom. The van der Waals surface area contributed by atoms with Gasteiger partial charge in [-0.15, -0.1) is 0 Å². The minimum atomic E-state index is -2.86. The molecule has 234 valence electrons. The van der Waals surface area contributed by atoms with Crippen molar-refractivity contribution < 1.29 is 31.9 Å². The molecule has 1 saturated carbocycles. The zero-order valence-corrected chi connectivity index (χ0v) is 24.5. The van der Waals surface area contributed by atoms with Gasteiger partial charge < -0.3 is 5.32 Å². The van der Waals surface area contributed by atoms with Crippen LogP contribution in [0, 0.1) is 23.0 Å². The highest BCUT2D eigenvalue weighted by molar-refractivity contribution is 6.31. The number of nitriles is 1. The van der Waals surface area contributed by atoms with Crippen LogP contribution in [0.5, 0.6) is 0 Å². The number of nitrogens with zero attached hydrogens (tertiary/aromatic N) is 5. The van der Waals surface area contributed by atoms with E-state index in [0.717, 1.165) is 17.0 Å². The smallest absolute Gasteiger partial charge is 0.248 e. The van der Waals surface area contributed by atoms with E-state index in [-0.39, 0.29) is 53.6 Å². The van der Waals surface area contributed by atoms with Gasteiger partial charge in [0.15, 0.2) is 0 Å². The number of hydrogen-bond acceptors (Lipinski definition) is 6. The van der Waals surface area contributed by atoms with Gasteiger partial charge in [-0.3, -0.25) is 24.2 Å². The summed E-state index contributed by atoms with van der Waals surface area (Å²) in [6, 6.07) is 8.67. The highest BCUT2D eigenvalue weighted by Crippen LogP contribution is 2.37. The third kappa shape index (κ3) is 7.23. The minimum absolute atomic E-state index is 0.00225. The lowest BCUT2D eigenvalue weighted by Gasteiger charge is -2.35. The predicted octanol–water partition coefficient (Wildman–Crippen LogP) is 5.63. The summed E-state index contributed by atoms with van der Waals surface area (Å²) in [5.74, 6) is -6.97. The summed E-state index contributed by atoms with van der Waals surface area (Å²) in [5.41, 5.74) is -0.177. The standard InChI is InChI=1S/C31H27ClF4N6O3/c32-25-4-2-1-3-24(25)28(29(45)39-20-7-10-31(35,36)11-8-20)41(23-14-18(33)13-19(34)15-23)27(44)16-22-5-6-26(43)42(22)30-38-12-9-21(17-37)40-30/h1-4,9,12-15,20,22,28H,5-8,10-11,16H2,(H,39,45)/t22-,28-/m0/s1. The van der Waals surface area contributed by atoms with Crippen LogP contribution in [-0.4, -0.2) is 45.7 Å². The molecule has 3 amide bonds.